The van der Waals surface area contributed by atoms with Crippen molar-refractivity contribution in [2.24, 2.45) is 0 Å². The van der Waals surface area contributed by atoms with E-state index in [9.17, 15) is 13.2 Å². The van der Waals surface area contributed by atoms with E-state index in [1.165, 1.54) is 5.56 Å². The number of hydrogen-bond acceptors (Lipinski definition) is 7. The molecule has 4 heterocycles. The molecule has 152 valence electrons. The van der Waals surface area contributed by atoms with E-state index in [4.69, 9.17) is 14.6 Å². The number of anilines is 1. The van der Waals surface area contributed by atoms with E-state index in [0.717, 1.165) is 38.7 Å². The molecule has 0 saturated carbocycles. The molecule has 2 aromatic rings. The summed E-state index contributed by atoms with van der Waals surface area (Å²) in [6, 6.07) is 4.42. The minimum Gasteiger partial charge on any atom is -0.475 e. The number of halogens is 3. The summed E-state index contributed by atoms with van der Waals surface area (Å²) in [7, 11) is 0. The van der Waals surface area contributed by atoms with Gasteiger partial charge in [-0.2, -0.15) is 24.5 Å². The number of hydrogen-bond donors (Lipinski definition) is 1. The molecule has 2 aliphatic rings. The third-order valence-corrected chi connectivity index (χ3v) is 5.15. The molecule has 2 saturated heterocycles. The van der Waals surface area contributed by atoms with Crippen LogP contribution in [-0.4, -0.2) is 70.5 Å². The number of likely N-dealkylation sites (tertiary alicyclic amines) is 1. The molecular formula is C17H19F3N4O3S. The number of aromatic nitrogens is 2. The molecule has 7 nitrogen and oxygen atoms in total. The number of fused-ring (bicyclic) bond motifs is 1. The lowest BCUT2D eigenvalue weighted by atomic mass is 10.1. The van der Waals surface area contributed by atoms with Gasteiger partial charge in [0.2, 0.25) is 5.95 Å². The van der Waals surface area contributed by atoms with E-state index in [0.29, 0.717) is 6.04 Å². The number of aliphatic carboxylic acids is 1. The topological polar surface area (TPSA) is 78.8 Å². The SMILES string of the molecule is O=C(O)C(F)(F)F.c1cnc(N2CCO[C@H]3CN(Cc4ccsc4)C[C@H]32)nc1. The Kier molecular flexibility index (Phi) is 6.47. The van der Waals surface area contributed by atoms with Gasteiger partial charge in [0.15, 0.2) is 0 Å². The van der Waals surface area contributed by atoms with Crippen LogP contribution in [0.1, 0.15) is 5.56 Å². The second-order valence-electron chi connectivity index (χ2n) is 6.35. The maximum Gasteiger partial charge on any atom is 0.490 e. The van der Waals surface area contributed by atoms with Crippen LogP contribution in [0.4, 0.5) is 19.1 Å². The lowest BCUT2D eigenvalue weighted by Gasteiger charge is -2.36. The second kappa shape index (κ2) is 8.84. The van der Waals surface area contributed by atoms with Crippen molar-refractivity contribution < 1.29 is 27.8 Å². The second-order valence-corrected chi connectivity index (χ2v) is 7.13. The number of carboxylic acids is 1. The summed E-state index contributed by atoms with van der Waals surface area (Å²) in [5.41, 5.74) is 1.39. The maximum atomic E-state index is 10.6. The molecule has 0 unspecified atom stereocenters. The van der Waals surface area contributed by atoms with Crippen LogP contribution in [0.2, 0.25) is 0 Å². The Morgan fingerprint density at radius 2 is 2.04 bits per heavy atom. The van der Waals surface area contributed by atoms with Gasteiger partial charge in [-0.15, -0.1) is 0 Å². The van der Waals surface area contributed by atoms with Crippen LogP contribution >= 0.6 is 11.3 Å². The highest BCUT2D eigenvalue weighted by atomic mass is 32.1. The van der Waals surface area contributed by atoms with Crippen LogP contribution in [0.25, 0.3) is 0 Å². The van der Waals surface area contributed by atoms with Gasteiger partial charge in [0.05, 0.1) is 18.8 Å². The zero-order chi connectivity index (χ0) is 20.1. The Morgan fingerprint density at radius 1 is 1.32 bits per heavy atom. The van der Waals surface area contributed by atoms with Gasteiger partial charge in [-0.05, 0) is 28.5 Å². The fourth-order valence-electron chi connectivity index (χ4n) is 3.22. The van der Waals surface area contributed by atoms with E-state index < -0.39 is 12.1 Å². The first-order chi connectivity index (χ1) is 13.3. The maximum absolute atomic E-state index is 10.6. The molecule has 2 atom stereocenters. The first-order valence-electron chi connectivity index (χ1n) is 8.53. The van der Waals surface area contributed by atoms with Crippen LogP contribution in [0.5, 0.6) is 0 Å². The largest absolute Gasteiger partial charge is 0.490 e. The third kappa shape index (κ3) is 5.18. The molecular weight excluding hydrogens is 397 g/mol. The van der Waals surface area contributed by atoms with E-state index in [1.807, 2.05) is 18.5 Å². The molecule has 1 N–H and O–H groups in total. The lowest BCUT2D eigenvalue weighted by molar-refractivity contribution is -0.192. The average molecular weight is 416 g/mol. The van der Waals surface area contributed by atoms with Gasteiger partial charge in [0.1, 0.15) is 0 Å². The minimum absolute atomic E-state index is 0.265. The highest BCUT2D eigenvalue weighted by Crippen LogP contribution is 2.27. The number of thiophene rings is 1. The van der Waals surface area contributed by atoms with E-state index >= 15 is 0 Å². The minimum atomic E-state index is -5.08. The van der Waals surface area contributed by atoms with Crippen LogP contribution in [0, 0.1) is 0 Å². The number of rotatable bonds is 3. The van der Waals surface area contributed by atoms with Crippen LogP contribution in [0.15, 0.2) is 35.3 Å². The Labute approximate surface area is 163 Å². The molecule has 0 aliphatic carbocycles. The number of carboxylic acid groups (broad SMARTS) is 1. The number of alkyl halides is 3. The van der Waals surface area contributed by atoms with Crippen molar-refractivity contribution in [3.8, 4) is 0 Å². The van der Waals surface area contributed by atoms with Gasteiger partial charge in [-0.3, -0.25) is 4.90 Å². The summed E-state index contributed by atoms with van der Waals surface area (Å²) in [6.45, 7) is 4.63. The number of morpholine rings is 1. The van der Waals surface area contributed by atoms with E-state index in [1.54, 1.807) is 11.3 Å². The Bertz CT molecular complexity index is 761. The van der Waals surface area contributed by atoms with Gasteiger partial charge >= 0.3 is 12.1 Å². The first-order valence-corrected chi connectivity index (χ1v) is 9.47. The fourth-order valence-corrected chi connectivity index (χ4v) is 3.88. The van der Waals surface area contributed by atoms with Crippen LogP contribution in [-0.2, 0) is 16.1 Å². The zero-order valence-corrected chi connectivity index (χ0v) is 15.6. The van der Waals surface area contributed by atoms with Crippen LogP contribution in [0.3, 0.4) is 0 Å². The van der Waals surface area contributed by atoms with Crippen molar-refractivity contribution in [2.75, 3.05) is 31.1 Å². The van der Waals surface area contributed by atoms with Crippen molar-refractivity contribution in [2.45, 2.75) is 24.9 Å². The van der Waals surface area contributed by atoms with Gasteiger partial charge in [0, 0.05) is 38.6 Å². The van der Waals surface area contributed by atoms with Gasteiger partial charge < -0.3 is 14.7 Å². The Morgan fingerprint density at radius 3 is 2.64 bits per heavy atom. The third-order valence-electron chi connectivity index (χ3n) is 4.41. The molecule has 0 amide bonds. The molecule has 11 heteroatoms. The summed E-state index contributed by atoms with van der Waals surface area (Å²) in [6.07, 6.45) is -1.20. The molecule has 0 spiro atoms. The van der Waals surface area contributed by atoms with Crippen LogP contribution < -0.4 is 4.90 Å². The molecule has 2 fully saturated rings. The van der Waals surface area contributed by atoms with E-state index in [2.05, 4.69) is 36.6 Å². The summed E-state index contributed by atoms with van der Waals surface area (Å²) >= 11 is 1.76. The Balaban J connectivity index is 0.000000279. The van der Waals surface area contributed by atoms with Crippen molar-refractivity contribution in [1.29, 1.82) is 0 Å². The van der Waals surface area contributed by atoms with Crippen molar-refractivity contribution in [3.63, 3.8) is 0 Å². The highest BCUT2D eigenvalue weighted by Gasteiger charge is 2.41. The fraction of sp³-hybridized carbons (Fsp3) is 0.471. The first kappa shape index (κ1) is 20.5. The van der Waals surface area contributed by atoms with Gasteiger partial charge in [-0.1, -0.05) is 0 Å². The average Bonchev–Trinajstić information content (AvgIpc) is 3.31. The van der Waals surface area contributed by atoms with Gasteiger partial charge in [0.25, 0.3) is 0 Å². The summed E-state index contributed by atoms with van der Waals surface area (Å²) in [5, 5.41) is 11.5. The lowest BCUT2D eigenvalue weighted by Crippen LogP contribution is -2.51. The highest BCUT2D eigenvalue weighted by molar-refractivity contribution is 7.07. The number of nitrogens with zero attached hydrogens (tertiary/aromatic N) is 4. The molecule has 0 radical (unpaired) electrons. The molecule has 0 bridgehead atoms. The van der Waals surface area contributed by atoms with Gasteiger partial charge in [-0.25, -0.2) is 14.8 Å². The summed E-state index contributed by atoms with van der Waals surface area (Å²) < 4.78 is 37.7. The standard InChI is InChI=1S/C15H18N4OS.C2HF3O2/c1-3-16-15(17-4-1)19-5-6-20-14-10-18(9-13(14)19)8-12-2-7-21-11-12;3-2(4,5)1(6)7/h1-4,7,11,13-14H,5-6,8-10H2;(H,6,7)/t13-,14+;/m1./s1. The zero-order valence-electron chi connectivity index (χ0n) is 14.7. The normalized spacial score (nSPS) is 22.3. The summed E-state index contributed by atoms with van der Waals surface area (Å²) in [4.78, 5) is 22.5. The monoisotopic (exact) mass is 416 g/mol. The van der Waals surface area contributed by atoms with E-state index in [-0.39, 0.29) is 6.10 Å². The molecule has 28 heavy (non-hydrogen) atoms. The number of ether oxygens (including phenoxy) is 1. The molecule has 2 aliphatic heterocycles. The number of carbonyl (C=O) groups is 1. The molecule has 2 aromatic heterocycles. The Hall–Kier alpha value is -2.24. The summed E-state index contributed by atoms with van der Waals surface area (Å²) in [5.74, 6) is -1.93. The predicted molar refractivity (Wildman–Crippen MR) is 96.2 cm³/mol. The van der Waals surface area contributed by atoms with Crippen molar-refractivity contribution in [3.05, 3.63) is 40.8 Å². The quantitative estimate of drug-likeness (QED) is 0.822. The predicted octanol–water partition coefficient (Wildman–Crippen LogP) is 2.26. The molecule has 0 aromatic carbocycles. The smallest absolute Gasteiger partial charge is 0.475 e. The molecule has 4 rings (SSSR count). The van der Waals surface area contributed by atoms with Crippen molar-refractivity contribution >= 4 is 23.3 Å². The van der Waals surface area contributed by atoms with Crippen molar-refractivity contribution in [1.82, 2.24) is 14.9 Å².